The lowest BCUT2D eigenvalue weighted by Gasteiger charge is -2.35. The molecule has 132 valence electrons. The van der Waals surface area contributed by atoms with Gasteiger partial charge >= 0.3 is 0 Å². The van der Waals surface area contributed by atoms with Gasteiger partial charge in [-0.05, 0) is 50.4 Å². The summed E-state index contributed by atoms with van der Waals surface area (Å²) in [7, 11) is 0. The molecule has 1 aromatic rings. The summed E-state index contributed by atoms with van der Waals surface area (Å²) < 4.78 is 2.21. The van der Waals surface area contributed by atoms with Gasteiger partial charge < -0.3 is 9.47 Å². The lowest BCUT2D eigenvalue weighted by Crippen LogP contribution is -2.39. The molecule has 2 aliphatic carbocycles. The summed E-state index contributed by atoms with van der Waals surface area (Å²) in [6.45, 7) is 1.92. The predicted octanol–water partition coefficient (Wildman–Crippen LogP) is 3.71. The Morgan fingerprint density at radius 3 is 2.62 bits per heavy atom. The molecule has 0 radical (unpaired) electrons. The van der Waals surface area contributed by atoms with Gasteiger partial charge in [-0.1, -0.05) is 25.7 Å². The van der Waals surface area contributed by atoms with Crippen LogP contribution >= 0.6 is 0 Å². The molecule has 3 fully saturated rings. The number of likely N-dealkylation sites (tertiary alicyclic amines) is 1. The zero-order valence-electron chi connectivity index (χ0n) is 14.7. The molecule has 0 spiro atoms. The smallest absolute Gasteiger partial charge is 0.223 e. The van der Waals surface area contributed by atoms with E-state index in [0.717, 1.165) is 56.4 Å². The lowest BCUT2D eigenvalue weighted by molar-refractivity contribution is -0.135. The first-order valence-electron chi connectivity index (χ1n) is 9.98. The molecule has 4 rings (SSSR count). The molecule has 1 saturated heterocycles. The van der Waals surface area contributed by atoms with E-state index in [4.69, 9.17) is 0 Å². The quantitative estimate of drug-likeness (QED) is 0.799. The second-order valence-corrected chi connectivity index (χ2v) is 8.07. The molecule has 1 aromatic heterocycles. The maximum atomic E-state index is 12.9. The summed E-state index contributed by atoms with van der Waals surface area (Å²) in [4.78, 5) is 15.0. The molecular weight excluding hydrogens is 300 g/mol. The van der Waals surface area contributed by atoms with Crippen LogP contribution in [0.15, 0.2) is 6.33 Å². The third-order valence-corrected chi connectivity index (χ3v) is 6.16. The molecule has 0 N–H and O–H groups in total. The maximum Gasteiger partial charge on any atom is 0.223 e. The van der Waals surface area contributed by atoms with Crippen molar-refractivity contribution in [1.29, 1.82) is 0 Å². The molecule has 0 bridgehead atoms. The Bertz CT molecular complexity index is 559. The van der Waals surface area contributed by atoms with Gasteiger partial charge in [0, 0.05) is 19.5 Å². The molecule has 5 heteroatoms. The number of carbonyl (C=O) groups is 1. The van der Waals surface area contributed by atoms with Gasteiger partial charge in [-0.25, -0.2) is 0 Å². The van der Waals surface area contributed by atoms with Crippen LogP contribution in [0.25, 0.3) is 0 Å². The standard InChI is InChI=1S/C19H30N4O/c24-18(11-10-15-5-1-2-6-15)23-12-4-3-7-17(23)19-21-20-14-22(19)13-16-8-9-16/h14-17H,1-13H2/t17-/m1/s1. The highest BCUT2D eigenvalue weighted by Crippen LogP contribution is 2.35. The van der Waals surface area contributed by atoms with Crippen LogP contribution in [0.3, 0.4) is 0 Å². The van der Waals surface area contributed by atoms with Crippen LogP contribution in [0.4, 0.5) is 0 Å². The van der Waals surface area contributed by atoms with E-state index >= 15 is 0 Å². The van der Waals surface area contributed by atoms with Gasteiger partial charge in [0.25, 0.3) is 0 Å². The van der Waals surface area contributed by atoms with E-state index < -0.39 is 0 Å². The van der Waals surface area contributed by atoms with Crippen LogP contribution in [0.2, 0.25) is 0 Å². The highest BCUT2D eigenvalue weighted by Gasteiger charge is 2.33. The van der Waals surface area contributed by atoms with E-state index in [2.05, 4.69) is 19.7 Å². The molecule has 3 aliphatic rings. The number of carbonyl (C=O) groups excluding carboxylic acids is 1. The average molecular weight is 330 g/mol. The number of hydrogen-bond donors (Lipinski definition) is 0. The fourth-order valence-electron chi connectivity index (χ4n) is 4.51. The SMILES string of the molecule is O=C(CCC1CCCC1)N1CCCC[C@@H]1c1nncn1CC1CC1. The Hall–Kier alpha value is -1.39. The van der Waals surface area contributed by atoms with Crippen molar-refractivity contribution < 1.29 is 4.79 Å². The Kier molecular flexibility index (Phi) is 4.86. The summed E-state index contributed by atoms with van der Waals surface area (Å²) >= 11 is 0. The zero-order chi connectivity index (χ0) is 16.4. The number of nitrogens with zero attached hydrogens (tertiary/aromatic N) is 4. The molecule has 0 unspecified atom stereocenters. The van der Waals surface area contributed by atoms with Crippen LogP contribution in [-0.4, -0.2) is 32.1 Å². The summed E-state index contributed by atoms with van der Waals surface area (Å²) in [6, 6.07) is 0.149. The van der Waals surface area contributed by atoms with Crippen LogP contribution in [0.1, 0.15) is 82.5 Å². The van der Waals surface area contributed by atoms with Crippen molar-refractivity contribution >= 4 is 5.91 Å². The fraction of sp³-hybridized carbons (Fsp3) is 0.842. The zero-order valence-corrected chi connectivity index (χ0v) is 14.7. The maximum absolute atomic E-state index is 12.9. The van der Waals surface area contributed by atoms with Crippen molar-refractivity contribution in [3.05, 3.63) is 12.2 Å². The van der Waals surface area contributed by atoms with E-state index in [-0.39, 0.29) is 6.04 Å². The van der Waals surface area contributed by atoms with Crippen molar-refractivity contribution in [3.63, 3.8) is 0 Å². The van der Waals surface area contributed by atoms with Gasteiger partial charge in [0.2, 0.25) is 5.91 Å². The minimum Gasteiger partial charge on any atom is -0.332 e. The van der Waals surface area contributed by atoms with E-state index in [0.29, 0.717) is 5.91 Å². The van der Waals surface area contributed by atoms with Crippen molar-refractivity contribution in [1.82, 2.24) is 19.7 Å². The second-order valence-electron chi connectivity index (χ2n) is 8.07. The first-order chi connectivity index (χ1) is 11.8. The van der Waals surface area contributed by atoms with Crippen LogP contribution in [-0.2, 0) is 11.3 Å². The number of hydrogen-bond acceptors (Lipinski definition) is 3. The van der Waals surface area contributed by atoms with Crippen molar-refractivity contribution in [2.75, 3.05) is 6.54 Å². The molecule has 2 saturated carbocycles. The first kappa shape index (κ1) is 16.1. The number of aromatic nitrogens is 3. The number of rotatable bonds is 6. The van der Waals surface area contributed by atoms with Crippen LogP contribution in [0.5, 0.6) is 0 Å². The van der Waals surface area contributed by atoms with Gasteiger partial charge in [-0.3, -0.25) is 4.79 Å². The van der Waals surface area contributed by atoms with Crippen LogP contribution in [0, 0.1) is 11.8 Å². The molecule has 1 atom stereocenters. The third kappa shape index (κ3) is 3.65. The van der Waals surface area contributed by atoms with Gasteiger partial charge in [-0.2, -0.15) is 0 Å². The molecule has 1 aliphatic heterocycles. The summed E-state index contributed by atoms with van der Waals surface area (Å²) in [5.74, 6) is 2.95. The van der Waals surface area contributed by atoms with E-state index in [1.807, 2.05) is 6.33 Å². The Labute approximate surface area is 144 Å². The highest BCUT2D eigenvalue weighted by atomic mass is 16.2. The minimum absolute atomic E-state index is 0.149. The van der Waals surface area contributed by atoms with Gasteiger partial charge in [0.15, 0.2) is 5.82 Å². The highest BCUT2D eigenvalue weighted by molar-refractivity contribution is 5.76. The molecular formula is C19H30N4O. The predicted molar refractivity (Wildman–Crippen MR) is 92.2 cm³/mol. The molecule has 2 heterocycles. The van der Waals surface area contributed by atoms with Gasteiger partial charge in [0.1, 0.15) is 6.33 Å². The fourth-order valence-corrected chi connectivity index (χ4v) is 4.51. The van der Waals surface area contributed by atoms with Crippen molar-refractivity contribution in [3.8, 4) is 0 Å². The van der Waals surface area contributed by atoms with Crippen molar-refractivity contribution in [2.45, 2.75) is 83.2 Å². The Balaban J connectivity index is 1.42. The van der Waals surface area contributed by atoms with E-state index in [1.54, 1.807) is 0 Å². The minimum atomic E-state index is 0.149. The largest absolute Gasteiger partial charge is 0.332 e. The summed E-state index contributed by atoms with van der Waals surface area (Å²) in [6.07, 6.45) is 15.0. The van der Waals surface area contributed by atoms with Gasteiger partial charge in [0.05, 0.1) is 6.04 Å². The first-order valence-corrected chi connectivity index (χ1v) is 9.98. The summed E-state index contributed by atoms with van der Waals surface area (Å²) in [5.41, 5.74) is 0. The Morgan fingerprint density at radius 1 is 1.04 bits per heavy atom. The van der Waals surface area contributed by atoms with Crippen LogP contribution < -0.4 is 0 Å². The Morgan fingerprint density at radius 2 is 1.83 bits per heavy atom. The van der Waals surface area contributed by atoms with Crippen molar-refractivity contribution in [2.24, 2.45) is 11.8 Å². The lowest BCUT2D eigenvalue weighted by atomic mass is 9.98. The summed E-state index contributed by atoms with van der Waals surface area (Å²) in [5, 5.41) is 8.57. The normalized spacial score (nSPS) is 25.3. The van der Waals surface area contributed by atoms with Gasteiger partial charge in [-0.15, -0.1) is 10.2 Å². The topological polar surface area (TPSA) is 51.0 Å². The average Bonchev–Trinajstić information content (AvgIpc) is 3.09. The van der Waals surface area contributed by atoms with E-state index in [9.17, 15) is 4.79 Å². The second kappa shape index (κ2) is 7.24. The number of piperidine rings is 1. The monoisotopic (exact) mass is 330 g/mol. The van der Waals surface area contributed by atoms with E-state index in [1.165, 1.54) is 44.9 Å². The third-order valence-electron chi connectivity index (χ3n) is 6.16. The molecule has 0 aromatic carbocycles. The number of amides is 1. The molecule has 5 nitrogen and oxygen atoms in total. The molecule has 1 amide bonds. The molecule has 24 heavy (non-hydrogen) atoms.